The lowest BCUT2D eigenvalue weighted by Crippen LogP contribution is -1.92. The summed E-state index contributed by atoms with van der Waals surface area (Å²) in [5.74, 6) is 0. The highest BCUT2D eigenvalue weighted by Crippen LogP contribution is 2.37. The van der Waals surface area contributed by atoms with Crippen LogP contribution in [-0.2, 0) is 0 Å². The highest BCUT2D eigenvalue weighted by Gasteiger charge is 2.14. The number of fused-ring (bicyclic) bond motifs is 4. The van der Waals surface area contributed by atoms with Crippen molar-refractivity contribution in [3.63, 3.8) is 0 Å². The van der Waals surface area contributed by atoms with Crippen LogP contribution in [0.4, 0.5) is 0 Å². The van der Waals surface area contributed by atoms with Crippen molar-refractivity contribution < 1.29 is 0 Å². The molecule has 0 aliphatic carbocycles. The molecule has 0 fully saturated rings. The van der Waals surface area contributed by atoms with Gasteiger partial charge in [0.05, 0.1) is 11.0 Å². The molecule has 1 aromatic heterocycles. The average Bonchev–Trinajstić information content (AvgIpc) is 3.33. The van der Waals surface area contributed by atoms with Crippen LogP contribution in [0.3, 0.4) is 0 Å². The minimum Gasteiger partial charge on any atom is -0.309 e. The molecule has 1 nitrogen and oxygen atoms in total. The Hall–Kier alpha value is -4.88. The van der Waals surface area contributed by atoms with Gasteiger partial charge in [0.25, 0.3) is 0 Å². The van der Waals surface area contributed by atoms with Gasteiger partial charge in [-0.1, -0.05) is 115 Å². The molecular weight excluding hydrogens is 482 g/mol. The molecule has 0 aliphatic heterocycles. The van der Waals surface area contributed by atoms with Crippen molar-refractivity contribution in [1.82, 2.24) is 4.57 Å². The molecule has 0 saturated heterocycles. The Balaban J connectivity index is 0.000000246. The summed E-state index contributed by atoms with van der Waals surface area (Å²) in [7, 11) is 0. The van der Waals surface area contributed by atoms with Crippen LogP contribution in [-0.4, -0.2) is 4.57 Å². The summed E-state index contributed by atoms with van der Waals surface area (Å²) >= 11 is 0. The van der Waals surface area contributed by atoms with Gasteiger partial charge >= 0.3 is 0 Å². The Morgan fingerprint density at radius 3 is 1.93 bits per heavy atom. The van der Waals surface area contributed by atoms with Crippen molar-refractivity contribution in [2.75, 3.05) is 0 Å². The monoisotopic (exact) mass is 515 g/mol. The van der Waals surface area contributed by atoms with E-state index in [-0.39, 0.29) is 0 Å². The molecule has 1 heteroatoms. The zero-order chi connectivity index (χ0) is 27.5. The third-order valence-electron chi connectivity index (χ3n) is 7.67. The van der Waals surface area contributed by atoms with Gasteiger partial charge in [-0.3, -0.25) is 0 Å². The zero-order valence-corrected chi connectivity index (χ0v) is 23.3. The van der Waals surface area contributed by atoms with Crippen LogP contribution in [0.2, 0.25) is 0 Å². The zero-order valence-electron chi connectivity index (χ0n) is 23.3. The first kappa shape index (κ1) is 25.4. The van der Waals surface area contributed by atoms with E-state index in [1.54, 1.807) is 0 Å². The maximum Gasteiger partial charge on any atom is 0.0541 e. The predicted octanol–water partition coefficient (Wildman–Crippen LogP) is 10.9. The van der Waals surface area contributed by atoms with Crippen LogP contribution in [0.15, 0.2) is 140 Å². The van der Waals surface area contributed by atoms with Gasteiger partial charge in [0.15, 0.2) is 0 Å². The molecule has 7 rings (SSSR count). The molecule has 0 bridgehead atoms. The van der Waals surface area contributed by atoms with Crippen molar-refractivity contribution in [3.8, 4) is 16.8 Å². The third-order valence-corrected chi connectivity index (χ3v) is 7.67. The summed E-state index contributed by atoms with van der Waals surface area (Å²) in [5.41, 5.74) is 10.2. The van der Waals surface area contributed by atoms with Crippen LogP contribution in [0, 0.1) is 13.8 Å². The molecule has 0 N–H and O–H groups in total. The number of nitrogens with zero attached hydrogens (tertiary/aromatic N) is 1. The second kappa shape index (κ2) is 11.1. The summed E-state index contributed by atoms with van der Waals surface area (Å²) in [6.45, 7) is 6.34. The molecule has 7 aromatic rings. The van der Waals surface area contributed by atoms with Gasteiger partial charge in [-0.05, 0) is 89.7 Å². The Bertz CT molecular complexity index is 1970. The van der Waals surface area contributed by atoms with E-state index in [4.69, 9.17) is 0 Å². The summed E-state index contributed by atoms with van der Waals surface area (Å²) in [6.07, 6.45) is 4.18. The minimum atomic E-state index is 1.19. The molecule has 0 saturated carbocycles. The van der Waals surface area contributed by atoms with Crippen molar-refractivity contribution in [3.05, 3.63) is 156 Å². The van der Waals surface area contributed by atoms with Gasteiger partial charge < -0.3 is 4.57 Å². The quantitative estimate of drug-likeness (QED) is 0.220. The second-order valence-electron chi connectivity index (χ2n) is 10.3. The molecule has 1 heterocycles. The Morgan fingerprint density at radius 2 is 1.15 bits per heavy atom. The fourth-order valence-corrected chi connectivity index (χ4v) is 5.65. The van der Waals surface area contributed by atoms with E-state index >= 15 is 0 Å². The minimum absolute atomic E-state index is 1.19. The first-order chi connectivity index (χ1) is 19.7. The molecular formula is C39H33N. The summed E-state index contributed by atoms with van der Waals surface area (Å²) in [5, 5.41) is 5.21. The number of rotatable bonds is 3. The van der Waals surface area contributed by atoms with Crippen LogP contribution in [0.1, 0.15) is 23.6 Å². The van der Waals surface area contributed by atoms with Gasteiger partial charge in [-0.15, -0.1) is 0 Å². The summed E-state index contributed by atoms with van der Waals surface area (Å²) in [6, 6.07) is 47.7. The molecule has 0 atom stereocenters. The average molecular weight is 516 g/mol. The van der Waals surface area contributed by atoms with E-state index in [2.05, 4.69) is 164 Å². The van der Waals surface area contributed by atoms with E-state index in [0.29, 0.717) is 0 Å². The van der Waals surface area contributed by atoms with E-state index in [1.807, 2.05) is 6.92 Å². The molecule has 6 aromatic carbocycles. The fourth-order valence-electron chi connectivity index (χ4n) is 5.65. The smallest absolute Gasteiger partial charge is 0.0541 e. The SMILES string of the molecule is C/C=C\c1ccccc1C.Cc1ccc(-c2ccc3c(c2)c2ccccc2n3-c2ccccc2)c2ccccc12. The van der Waals surface area contributed by atoms with Crippen LogP contribution >= 0.6 is 0 Å². The Morgan fingerprint density at radius 1 is 0.500 bits per heavy atom. The van der Waals surface area contributed by atoms with E-state index in [1.165, 1.54) is 66.1 Å². The first-order valence-corrected chi connectivity index (χ1v) is 13.9. The van der Waals surface area contributed by atoms with Crippen LogP contribution in [0.25, 0.3) is 55.5 Å². The Labute approximate surface area is 236 Å². The number of hydrogen-bond donors (Lipinski definition) is 0. The number of hydrogen-bond acceptors (Lipinski definition) is 0. The number of benzene rings is 6. The van der Waals surface area contributed by atoms with Gasteiger partial charge in [0.1, 0.15) is 0 Å². The molecule has 0 aliphatic rings. The van der Waals surface area contributed by atoms with Crippen molar-refractivity contribution >= 4 is 38.7 Å². The second-order valence-corrected chi connectivity index (χ2v) is 10.3. The number of allylic oxidation sites excluding steroid dienone is 1. The molecule has 0 unspecified atom stereocenters. The lowest BCUT2D eigenvalue weighted by atomic mass is 9.94. The van der Waals surface area contributed by atoms with Gasteiger partial charge in [-0.2, -0.15) is 0 Å². The van der Waals surface area contributed by atoms with Crippen LogP contribution < -0.4 is 0 Å². The van der Waals surface area contributed by atoms with Crippen LogP contribution in [0.5, 0.6) is 0 Å². The largest absolute Gasteiger partial charge is 0.309 e. The number of para-hydroxylation sites is 2. The number of aryl methyl sites for hydroxylation is 2. The molecule has 0 spiro atoms. The fraction of sp³-hybridized carbons (Fsp3) is 0.0769. The molecule has 0 radical (unpaired) electrons. The van der Waals surface area contributed by atoms with E-state index < -0.39 is 0 Å². The predicted molar refractivity (Wildman–Crippen MR) is 174 cm³/mol. The van der Waals surface area contributed by atoms with E-state index in [0.717, 1.165) is 0 Å². The lowest BCUT2D eigenvalue weighted by Gasteiger charge is -2.11. The number of aromatic nitrogens is 1. The maximum atomic E-state index is 2.36. The van der Waals surface area contributed by atoms with Gasteiger partial charge in [-0.25, -0.2) is 0 Å². The standard InChI is InChI=1S/C29H21N.C10H12/c1-20-15-17-24(25-12-6-5-11-23(20)25)21-16-18-29-27(19-21)26-13-7-8-14-28(26)30(29)22-9-3-2-4-10-22;1-3-6-10-8-5-4-7-9(10)2/h2-19H,1H3;3-8H,1-2H3/b;6-3-. The van der Waals surface area contributed by atoms with Crippen molar-refractivity contribution in [2.45, 2.75) is 20.8 Å². The molecule has 40 heavy (non-hydrogen) atoms. The summed E-state index contributed by atoms with van der Waals surface area (Å²) < 4.78 is 2.36. The normalized spacial score (nSPS) is 11.3. The summed E-state index contributed by atoms with van der Waals surface area (Å²) in [4.78, 5) is 0. The van der Waals surface area contributed by atoms with Gasteiger partial charge in [0.2, 0.25) is 0 Å². The Kier molecular flexibility index (Phi) is 7.04. The van der Waals surface area contributed by atoms with Gasteiger partial charge in [0, 0.05) is 16.5 Å². The first-order valence-electron chi connectivity index (χ1n) is 13.9. The topological polar surface area (TPSA) is 4.93 Å². The molecule has 194 valence electrons. The third kappa shape index (κ3) is 4.72. The van der Waals surface area contributed by atoms with Crippen molar-refractivity contribution in [1.29, 1.82) is 0 Å². The highest BCUT2D eigenvalue weighted by molar-refractivity contribution is 6.11. The van der Waals surface area contributed by atoms with E-state index in [9.17, 15) is 0 Å². The molecule has 0 amide bonds. The lowest BCUT2D eigenvalue weighted by molar-refractivity contribution is 1.18. The maximum absolute atomic E-state index is 2.36. The highest BCUT2D eigenvalue weighted by atomic mass is 15.0. The van der Waals surface area contributed by atoms with Crippen molar-refractivity contribution in [2.24, 2.45) is 0 Å².